The summed E-state index contributed by atoms with van der Waals surface area (Å²) in [6.45, 7) is -0.834. The van der Waals surface area contributed by atoms with Gasteiger partial charge in [0.25, 0.3) is 5.91 Å². The van der Waals surface area contributed by atoms with Crippen LogP contribution >= 0.6 is 11.6 Å². The van der Waals surface area contributed by atoms with Crippen molar-refractivity contribution in [2.24, 2.45) is 0 Å². The Kier molecular flexibility index (Phi) is 6.27. The Morgan fingerprint density at radius 3 is 2.67 bits per heavy atom. The molecule has 3 rings (SSSR count). The van der Waals surface area contributed by atoms with Gasteiger partial charge in [-0.25, -0.2) is 22.8 Å². The van der Waals surface area contributed by atoms with Crippen molar-refractivity contribution in [3.05, 3.63) is 47.1 Å². The Balaban J connectivity index is 1.94. The molecule has 3 aromatic rings. The minimum absolute atomic E-state index is 0.0264. The van der Waals surface area contributed by atoms with Gasteiger partial charge in [-0.3, -0.25) is 18.9 Å². The van der Waals surface area contributed by atoms with Crippen molar-refractivity contribution in [1.29, 1.82) is 0 Å². The molecule has 0 saturated carbocycles. The highest BCUT2D eigenvalue weighted by atomic mass is 35.5. The van der Waals surface area contributed by atoms with Crippen LogP contribution in [0.2, 0.25) is 5.02 Å². The molecule has 2 heterocycles. The minimum Gasteiger partial charge on any atom is -0.382 e. The molecule has 0 atom stereocenters. The van der Waals surface area contributed by atoms with Crippen LogP contribution in [0.5, 0.6) is 0 Å². The van der Waals surface area contributed by atoms with Crippen LogP contribution in [-0.4, -0.2) is 41.7 Å². The third kappa shape index (κ3) is 4.54. The third-order valence-corrected chi connectivity index (χ3v) is 5.61. The monoisotopic (exact) mass is 456 g/mol. The van der Waals surface area contributed by atoms with Crippen molar-refractivity contribution in [3.8, 4) is 0 Å². The quantitative estimate of drug-likeness (QED) is 0.496. The molecule has 30 heavy (non-hydrogen) atoms. The summed E-state index contributed by atoms with van der Waals surface area (Å²) in [5.41, 5.74) is 5.19. The van der Waals surface area contributed by atoms with Gasteiger partial charge < -0.3 is 11.1 Å². The highest BCUT2D eigenvalue weighted by Gasteiger charge is 2.21. The number of rotatable bonds is 7. The molecule has 0 spiro atoms. The maximum Gasteiger partial charge on any atom is 0.258 e. The van der Waals surface area contributed by atoms with E-state index in [4.69, 9.17) is 17.3 Å². The number of pyridine rings is 1. The summed E-state index contributed by atoms with van der Waals surface area (Å²) in [5.74, 6) is -2.35. The Bertz CT molecular complexity index is 1230. The Morgan fingerprint density at radius 2 is 1.93 bits per heavy atom. The van der Waals surface area contributed by atoms with E-state index < -0.39 is 45.5 Å². The molecule has 13 heteroatoms. The van der Waals surface area contributed by atoms with Gasteiger partial charge in [-0.2, -0.15) is 0 Å². The zero-order chi connectivity index (χ0) is 21.9. The summed E-state index contributed by atoms with van der Waals surface area (Å²) >= 11 is 5.99. The smallest absolute Gasteiger partial charge is 0.258 e. The second-order valence-corrected chi connectivity index (χ2v) is 8.27. The number of hydrogen-bond donors (Lipinski definition) is 3. The summed E-state index contributed by atoms with van der Waals surface area (Å²) in [4.78, 5) is 24.5. The Hall–Kier alpha value is -3.12. The molecule has 0 aliphatic heterocycles. The lowest BCUT2D eigenvalue weighted by Gasteiger charge is -2.14. The molecule has 0 bridgehead atoms. The average molecular weight is 457 g/mol. The maximum atomic E-state index is 14.9. The number of alkyl halides is 1. The van der Waals surface area contributed by atoms with Crippen LogP contribution in [0.25, 0.3) is 11.0 Å². The number of carbonyl (C=O) groups is 1. The van der Waals surface area contributed by atoms with E-state index in [1.807, 2.05) is 4.72 Å². The minimum atomic E-state index is -3.99. The number of nitrogen functional groups attached to an aromatic ring is 1. The molecule has 0 aliphatic rings. The molecule has 0 saturated heterocycles. The zero-order valence-corrected chi connectivity index (χ0v) is 16.8. The molecule has 2 aromatic heterocycles. The predicted octanol–water partition coefficient (Wildman–Crippen LogP) is 2.75. The lowest BCUT2D eigenvalue weighted by Crippen LogP contribution is -2.19. The Morgan fingerprint density at radius 1 is 1.17 bits per heavy atom. The first-order chi connectivity index (χ1) is 14.2. The summed E-state index contributed by atoms with van der Waals surface area (Å²) in [7, 11) is -3.99. The Labute approximate surface area is 174 Å². The van der Waals surface area contributed by atoms with Crippen molar-refractivity contribution < 1.29 is 22.0 Å². The van der Waals surface area contributed by atoms with Crippen LogP contribution in [0, 0.1) is 5.82 Å². The van der Waals surface area contributed by atoms with E-state index in [-0.39, 0.29) is 33.9 Å². The molecule has 4 N–H and O–H groups in total. The maximum absolute atomic E-state index is 14.9. The number of halogens is 3. The van der Waals surface area contributed by atoms with Gasteiger partial charge in [-0.1, -0.05) is 11.6 Å². The summed E-state index contributed by atoms with van der Waals surface area (Å²) < 4.78 is 53.0. The highest BCUT2D eigenvalue weighted by Crippen LogP contribution is 2.32. The zero-order valence-electron chi connectivity index (χ0n) is 15.2. The van der Waals surface area contributed by atoms with Crippen molar-refractivity contribution in [2.75, 3.05) is 28.2 Å². The summed E-state index contributed by atoms with van der Waals surface area (Å²) in [5, 5.41) is 2.14. The number of carbonyl (C=O) groups excluding carboxylic acids is 1. The molecule has 158 valence electrons. The van der Waals surface area contributed by atoms with Crippen molar-refractivity contribution in [2.45, 2.75) is 6.42 Å². The van der Waals surface area contributed by atoms with E-state index in [9.17, 15) is 22.0 Å². The number of nitrogens with one attached hydrogen (secondary N) is 2. The average Bonchev–Trinajstić information content (AvgIpc) is 2.71. The van der Waals surface area contributed by atoms with Crippen LogP contribution in [0.3, 0.4) is 0 Å². The van der Waals surface area contributed by atoms with Gasteiger partial charge in [0.2, 0.25) is 10.0 Å². The number of nitrogens with two attached hydrogens (primary N) is 1. The molecule has 0 unspecified atom stereocenters. The van der Waals surface area contributed by atoms with Crippen LogP contribution in [0.4, 0.5) is 26.0 Å². The number of fused-ring (bicyclic) bond motifs is 1. The number of nitrogens with zero attached hydrogens (tertiary/aromatic N) is 3. The number of benzene rings is 1. The van der Waals surface area contributed by atoms with Crippen molar-refractivity contribution >= 4 is 55.8 Å². The topological polar surface area (TPSA) is 140 Å². The molecule has 0 fully saturated rings. The van der Waals surface area contributed by atoms with E-state index >= 15 is 0 Å². The van der Waals surface area contributed by atoms with E-state index in [1.165, 1.54) is 18.3 Å². The van der Waals surface area contributed by atoms with Gasteiger partial charge >= 0.3 is 0 Å². The normalized spacial score (nSPS) is 11.4. The van der Waals surface area contributed by atoms with E-state index in [0.717, 1.165) is 12.4 Å². The van der Waals surface area contributed by atoms with Gasteiger partial charge in [0.1, 0.15) is 17.4 Å². The number of amides is 1. The van der Waals surface area contributed by atoms with Crippen LogP contribution in [0.1, 0.15) is 16.8 Å². The first-order valence-corrected chi connectivity index (χ1v) is 10.5. The number of sulfonamides is 1. The van der Waals surface area contributed by atoms with Crippen LogP contribution in [-0.2, 0) is 10.0 Å². The van der Waals surface area contributed by atoms with Gasteiger partial charge in [-0.05, 0) is 24.6 Å². The van der Waals surface area contributed by atoms with Crippen LogP contribution in [0.15, 0.2) is 30.7 Å². The summed E-state index contributed by atoms with van der Waals surface area (Å²) in [6, 6.07) is 3.65. The predicted molar refractivity (Wildman–Crippen MR) is 109 cm³/mol. The molecular weight excluding hydrogens is 442 g/mol. The fraction of sp³-hybridized carbons (Fsp3) is 0.176. The van der Waals surface area contributed by atoms with Crippen LogP contribution < -0.4 is 15.8 Å². The fourth-order valence-corrected chi connectivity index (χ4v) is 3.83. The van der Waals surface area contributed by atoms with E-state index in [0.29, 0.717) is 0 Å². The molecular formula is C17H15ClF2N6O3S. The van der Waals surface area contributed by atoms with Gasteiger partial charge in [0, 0.05) is 6.20 Å². The number of anilines is 3. The van der Waals surface area contributed by atoms with Crippen molar-refractivity contribution in [1.82, 2.24) is 15.0 Å². The summed E-state index contributed by atoms with van der Waals surface area (Å²) in [6.07, 6.45) is 2.22. The lowest BCUT2D eigenvalue weighted by atomic mass is 10.2. The van der Waals surface area contributed by atoms with Gasteiger partial charge in [0.15, 0.2) is 11.6 Å². The largest absolute Gasteiger partial charge is 0.382 e. The SMILES string of the molecule is Nc1ncnc2c(C(=O)Nc3c(Cl)ccc(NS(=O)(=O)CCCF)c3F)ccnc12. The molecule has 1 aromatic carbocycles. The van der Waals surface area contributed by atoms with Gasteiger partial charge in [0.05, 0.1) is 34.4 Å². The fourth-order valence-electron chi connectivity index (χ4n) is 2.56. The van der Waals surface area contributed by atoms with Gasteiger partial charge in [-0.15, -0.1) is 0 Å². The lowest BCUT2D eigenvalue weighted by molar-refractivity contribution is 0.102. The first kappa shape index (κ1) is 21.6. The molecule has 1 amide bonds. The highest BCUT2D eigenvalue weighted by molar-refractivity contribution is 7.92. The first-order valence-electron chi connectivity index (χ1n) is 8.44. The number of aromatic nitrogens is 3. The van der Waals surface area contributed by atoms with E-state index in [2.05, 4.69) is 20.3 Å². The standard InChI is InChI=1S/C17H15ClF2N6O3S/c18-10-2-3-11(26-30(28,29)7-1-5-19)12(20)14(10)25-17(27)9-4-6-22-15-13(9)23-8-24-16(15)21/h2-4,6,8,26H,1,5,7H2,(H,25,27)(H2,21,23,24). The third-order valence-electron chi connectivity index (χ3n) is 3.94. The second-order valence-electron chi connectivity index (χ2n) is 6.02. The van der Waals surface area contributed by atoms with Crippen molar-refractivity contribution in [3.63, 3.8) is 0 Å². The second kappa shape index (κ2) is 8.71. The molecule has 0 aliphatic carbocycles. The molecule has 0 radical (unpaired) electrons. The number of hydrogen-bond acceptors (Lipinski definition) is 7. The van der Waals surface area contributed by atoms with E-state index in [1.54, 1.807) is 0 Å². The molecule has 9 nitrogen and oxygen atoms in total.